The first-order chi connectivity index (χ1) is 16.9. The van der Waals surface area contributed by atoms with Crippen molar-refractivity contribution in [3.05, 3.63) is 52.8 Å². The Morgan fingerprint density at radius 1 is 1.17 bits per heavy atom. The van der Waals surface area contributed by atoms with Crippen LogP contribution >= 0.6 is 0 Å². The van der Waals surface area contributed by atoms with Crippen molar-refractivity contribution in [1.82, 2.24) is 9.61 Å². The van der Waals surface area contributed by atoms with E-state index in [4.69, 9.17) is 14.2 Å². The lowest BCUT2D eigenvalue weighted by molar-refractivity contribution is -0.0757. The van der Waals surface area contributed by atoms with Crippen molar-refractivity contribution in [3.8, 4) is 11.5 Å². The number of pyridine rings is 1. The molecule has 1 aliphatic rings. The number of carboxylic acids is 1. The third-order valence-electron chi connectivity index (χ3n) is 6.71. The van der Waals surface area contributed by atoms with Crippen LogP contribution < -0.4 is 14.8 Å². The SMILES string of the molecule is CNc1ccc(C(=O)O)n2nc(C[C@H](OC3CCCC3)[C@H](O)c3cc(OC)c(C)c(OC)c3)cc12. The van der Waals surface area contributed by atoms with Crippen molar-refractivity contribution in [2.75, 3.05) is 26.6 Å². The molecule has 1 aromatic carbocycles. The summed E-state index contributed by atoms with van der Waals surface area (Å²) in [4.78, 5) is 11.7. The first kappa shape index (κ1) is 24.8. The maximum absolute atomic E-state index is 11.7. The highest BCUT2D eigenvalue weighted by Gasteiger charge is 2.30. The first-order valence-corrected chi connectivity index (χ1v) is 11.8. The fraction of sp³-hybridized carbons (Fsp3) is 0.462. The lowest BCUT2D eigenvalue weighted by Crippen LogP contribution is -2.29. The lowest BCUT2D eigenvalue weighted by atomic mass is 9.98. The summed E-state index contributed by atoms with van der Waals surface area (Å²) in [5.74, 6) is 0.177. The number of methoxy groups -OCH3 is 2. The lowest BCUT2D eigenvalue weighted by Gasteiger charge is -2.27. The summed E-state index contributed by atoms with van der Waals surface area (Å²) < 4.78 is 18.8. The molecule has 0 aliphatic heterocycles. The number of anilines is 1. The molecule has 35 heavy (non-hydrogen) atoms. The molecule has 2 aromatic heterocycles. The Hall–Kier alpha value is -3.30. The summed E-state index contributed by atoms with van der Waals surface area (Å²) >= 11 is 0. The van der Waals surface area contributed by atoms with Gasteiger partial charge in [-0.05, 0) is 55.7 Å². The molecule has 0 radical (unpaired) electrons. The minimum Gasteiger partial charge on any atom is -0.496 e. The van der Waals surface area contributed by atoms with Crippen molar-refractivity contribution < 1.29 is 29.2 Å². The summed E-state index contributed by atoms with van der Waals surface area (Å²) in [5.41, 5.74) is 3.57. The molecule has 1 saturated carbocycles. The summed E-state index contributed by atoms with van der Waals surface area (Å²) in [5, 5.41) is 28.7. The number of nitrogens with zero attached hydrogens (tertiary/aromatic N) is 2. The molecule has 188 valence electrons. The third-order valence-corrected chi connectivity index (χ3v) is 6.71. The Morgan fingerprint density at radius 3 is 2.40 bits per heavy atom. The molecule has 1 aliphatic carbocycles. The number of benzene rings is 1. The van der Waals surface area contributed by atoms with E-state index >= 15 is 0 Å². The number of ether oxygens (including phenoxy) is 3. The van der Waals surface area contributed by atoms with Gasteiger partial charge in [-0.15, -0.1) is 0 Å². The van der Waals surface area contributed by atoms with Crippen LogP contribution in [-0.4, -0.2) is 59.3 Å². The van der Waals surface area contributed by atoms with Gasteiger partial charge in [-0.1, -0.05) is 12.8 Å². The molecule has 0 unspecified atom stereocenters. The Bertz CT molecular complexity index is 1180. The summed E-state index contributed by atoms with van der Waals surface area (Å²) in [6, 6.07) is 8.69. The van der Waals surface area contributed by atoms with E-state index in [2.05, 4.69) is 10.4 Å². The fourth-order valence-electron chi connectivity index (χ4n) is 4.80. The highest BCUT2D eigenvalue weighted by molar-refractivity contribution is 5.88. The number of aliphatic hydroxyl groups is 1. The molecule has 9 heteroatoms. The van der Waals surface area contributed by atoms with Gasteiger partial charge in [0.1, 0.15) is 17.6 Å². The molecular weight excluding hydrogens is 450 g/mol. The number of hydrogen-bond acceptors (Lipinski definition) is 7. The van der Waals surface area contributed by atoms with Crippen molar-refractivity contribution in [1.29, 1.82) is 0 Å². The zero-order valence-electron chi connectivity index (χ0n) is 20.6. The van der Waals surface area contributed by atoms with E-state index in [-0.39, 0.29) is 11.8 Å². The van der Waals surface area contributed by atoms with E-state index in [0.717, 1.165) is 36.9 Å². The van der Waals surface area contributed by atoms with Gasteiger partial charge in [0.25, 0.3) is 0 Å². The highest BCUT2D eigenvalue weighted by atomic mass is 16.5. The molecule has 2 heterocycles. The molecule has 0 spiro atoms. The molecule has 3 aromatic rings. The summed E-state index contributed by atoms with van der Waals surface area (Å²) in [6.45, 7) is 1.90. The minimum absolute atomic E-state index is 0.0587. The molecule has 0 saturated heterocycles. The molecule has 1 fully saturated rings. The van der Waals surface area contributed by atoms with Crippen LogP contribution in [0.4, 0.5) is 5.69 Å². The molecule has 4 rings (SSSR count). The zero-order valence-corrected chi connectivity index (χ0v) is 20.6. The van der Waals surface area contributed by atoms with E-state index in [9.17, 15) is 15.0 Å². The maximum atomic E-state index is 11.7. The van der Waals surface area contributed by atoms with Gasteiger partial charge in [-0.2, -0.15) is 5.10 Å². The van der Waals surface area contributed by atoms with Gasteiger partial charge in [-0.25, -0.2) is 9.31 Å². The van der Waals surface area contributed by atoms with Gasteiger partial charge in [0, 0.05) is 19.0 Å². The largest absolute Gasteiger partial charge is 0.496 e. The molecule has 0 amide bonds. The van der Waals surface area contributed by atoms with E-state index in [0.29, 0.717) is 34.7 Å². The number of rotatable bonds is 10. The Labute approximate surface area is 204 Å². The smallest absolute Gasteiger partial charge is 0.354 e. The number of aromatic carboxylic acids is 1. The minimum atomic E-state index is -1.06. The first-order valence-electron chi connectivity index (χ1n) is 11.8. The highest BCUT2D eigenvalue weighted by Crippen LogP contribution is 2.35. The van der Waals surface area contributed by atoms with Crippen LogP contribution in [0.25, 0.3) is 5.52 Å². The second kappa shape index (κ2) is 10.5. The summed E-state index contributed by atoms with van der Waals surface area (Å²) in [6.07, 6.45) is 2.90. The molecular formula is C26H33N3O6. The fourth-order valence-corrected chi connectivity index (χ4v) is 4.80. The van der Waals surface area contributed by atoms with Crippen molar-refractivity contribution in [2.45, 2.75) is 57.3 Å². The van der Waals surface area contributed by atoms with Crippen LogP contribution in [0.3, 0.4) is 0 Å². The molecule has 0 bridgehead atoms. The monoisotopic (exact) mass is 483 g/mol. The Kier molecular flexibility index (Phi) is 7.47. The van der Waals surface area contributed by atoms with Gasteiger partial charge in [-0.3, -0.25) is 0 Å². The van der Waals surface area contributed by atoms with E-state index in [1.165, 1.54) is 10.6 Å². The van der Waals surface area contributed by atoms with Gasteiger partial charge >= 0.3 is 5.97 Å². The topological polar surface area (TPSA) is 115 Å². The third kappa shape index (κ3) is 5.06. The number of nitrogens with one attached hydrogen (secondary N) is 1. The number of carboxylic acid groups (broad SMARTS) is 1. The number of hydrogen-bond donors (Lipinski definition) is 3. The second-order valence-electron chi connectivity index (χ2n) is 8.90. The second-order valence-corrected chi connectivity index (χ2v) is 8.90. The number of fused-ring (bicyclic) bond motifs is 1. The Morgan fingerprint density at radius 2 is 1.83 bits per heavy atom. The van der Waals surface area contributed by atoms with Gasteiger partial charge in [0.05, 0.1) is 43.3 Å². The van der Waals surface area contributed by atoms with Crippen LogP contribution in [0.2, 0.25) is 0 Å². The molecule has 9 nitrogen and oxygen atoms in total. The van der Waals surface area contributed by atoms with E-state index < -0.39 is 18.2 Å². The normalized spacial score (nSPS) is 15.8. The van der Waals surface area contributed by atoms with Crippen LogP contribution in [0, 0.1) is 6.92 Å². The number of aromatic nitrogens is 2. The average molecular weight is 484 g/mol. The van der Waals surface area contributed by atoms with Crippen molar-refractivity contribution in [3.63, 3.8) is 0 Å². The zero-order chi connectivity index (χ0) is 25.1. The van der Waals surface area contributed by atoms with Crippen molar-refractivity contribution in [2.24, 2.45) is 0 Å². The summed E-state index contributed by atoms with van der Waals surface area (Å²) in [7, 11) is 4.94. The van der Waals surface area contributed by atoms with Gasteiger partial charge in [0.2, 0.25) is 0 Å². The van der Waals surface area contributed by atoms with Gasteiger partial charge < -0.3 is 29.7 Å². The molecule has 2 atom stereocenters. The number of aliphatic hydroxyl groups excluding tert-OH is 1. The predicted molar refractivity (Wildman–Crippen MR) is 132 cm³/mol. The van der Waals surface area contributed by atoms with Crippen molar-refractivity contribution >= 4 is 17.2 Å². The van der Waals surface area contributed by atoms with Crippen LogP contribution in [-0.2, 0) is 11.2 Å². The standard InChI is InChI=1S/C26H33N3O6/c1-15-22(33-3)11-16(12-23(15)34-4)25(30)24(35-18-7-5-6-8-18)14-17-13-21-19(27-2)9-10-20(26(31)32)29(21)28-17/h9-13,18,24-25,27,30H,5-8,14H2,1-4H3,(H,31,32)/t24-,25+/m0/s1. The van der Waals surface area contributed by atoms with E-state index in [1.807, 2.05) is 13.0 Å². The quantitative estimate of drug-likeness (QED) is 0.396. The van der Waals surface area contributed by atoms with Gasteiger partial charge in [0.15, 0.2) is 5.69 Å². The number of carbonyl (C=O) groups is 1. The Balaban J connectivity index is 1.71. The predicted octanol–water partition coefficient (Wildman–Crippen LogP) is 4.00. The van der Waals surface area contributed by atoms with Crippen LogP contribution in [0.15, 0.2) is 30.3 Å². The maximum Gasteiger partial charge on any atom is 0.354 e. The van der Waals surface area contributed by atoms with E-state index in [1.54, 1.807) is 39.5 Å². The van der Waals surface area contributed by atoms with Crippen LogP contribution in [0.5, 0.6) is 11.5 Å². The average Bonchev–Trinajstić information content (AvgIpc) is 3.52. The molecule has 3 N–H and O–H groups in total. The van der Waals surface area contributed by atoms with Crippen LogP contribution in [0.1, 0.15) is 59.1 Å².